The van der Waals surface area contributed by atoms with Gasteiger partial charge in [0.05, 0.1) is 6.04 Å². The monoisotopic (exact) mass is 416 g/mol. The molecule has 0 spiro atoms. The molecule has 1 atom stereocenters. The zero-order valence-corrected chi connectivity index (χ0v) is 19.5. The molecule has 29 heavy (non-hydrogen) atoms. The first-order valence-electron chi connectivity index (χ1n) is 10.4. The molecule has 0 aliphatic heterocycles. The Morgan fingerprint density at radius 1 is 1.17 bits per heavy atom. The van der Waals surface area contributed by atoms with Gasteiger partial charge >= 0.3 is 0 Å². The van der Waals surface area contributed by atoms with Crippen LogP contribution in [0.2, 0.25) is 0 Å². The van der Waals surface area contributed by atoms with E-state index < -0.39 is 0 Å². The molecule has 0 radical (unpaired) electrons. The van der Waals surface area contributed by atoms with Crippen LogP contribution in [0.5, 0.6) is 0 Å². The summed E-state index contributed by atoms with van der Waals surface area (Å²) in [6, 6.07) is 9.06. The summed E-state index contributed by atoms with van der Waals surface area (Å²) in [4.78, 5) is 4.75. The van der Waals surface area contributed by atoms with E-state index in [1.54, 1.807) is 0 Å². The molecule has 0 fully saturated rings. The Hall–Kier alpha value is -2.02. The Balaban J connectivity index is 2.04. The van der Waals surface area contributed by atoms with Gasteiger partial charge in [-0.15, -0.1) is 10.2 Å². The number of aryl methyl sites for hydroxylation is 1. The van der Waals surface area contributed by atoms with Crippen molar-refractivity contribution in [2.24, 2.45) is 18.0 Å². The highest BCUT2D eigenvalue weighted by molar-refractivity contribution is 7.98. The molecule has 1 aromatic heterocycles. The molecule has 0 saturated heterocycles. The molecule has 7 heteroatoms. The van der Waals surface area contributed by atoms with Crippen LogP contribution in [-0.2, 0) is 20.0 Å². The van der Waals surface area contributed by atoms with E-state index in [1.165, 1.54) is 11.1 Å². The first kappa shape index (κ1) is 23.3. The first-order valence-corrected chi connectivity index (χ1v) is 11.8. The number of aromatic nitrogens is 3. The number of aliphatic imine (C=N–C) groups is 1. The van der Waals surface area contributed by atoms with Gasteiger partial charge in [-0.2, -0.15) is 11.8 Å². The SMILES string of the molecule is CSCCCNC(=NCc1nnc(C)n1C)NC(C)c1ccc(CC(C)C)cc1. The van der Waals surface area contributed by atoms with Gasteiger partial charge < -0.3 is 15.2 Å². The zero-order chi connectivity index (χ0) is 21.2. The van der Waals surface area contributed by atoms with Gasteiger partial charge in [0.25, 0.3) is 0 Å². The lowest BCUT2D eigenvalue weighted by Gasteiger charge is -2.19. The Labute approximate surface area is 180 Å². The fourth-order valence-corrected chi connectivity index (χ4v) is 3.45. The quantitative estimate of drug-likeness (QED) is 0.350. The second-order valence-electron chi connectivity index (χ2n) is 7.87. The highest BCUT2D eigenvalue weighted by Crippen LogP contribution is 2.15. The van der Waals surface area contributed by atoms with E-state index >= 15 is 0 Å². The minimum absolute atomic E-state index is 0.163. The maximum absolute atomic E-state index is 4.75. The molecule has 0 bridgehead atoms. The second-order valence-corrected chi connectivity index (χ2v) is 8.85. The summed E-state index contributed by atoms with van der Waals surface area (Å²) in [5, 5.41) is 15.3. The van der Waals surface area contributed by atoms with Crippen molar-refractivity contribution >= 4 is 17.7 Å². The normalized spacial score (nSPS) is 13.0. The van der Waals surface area contributed by atoms with Crippen molar-refractivity contribution in [3.05, 3.63) is 47.0 Å². The van der Waals surface area contributed by atoms with Crippen LogP contribution in [0.1, 0.15) is 56.0 Å². The number of guanidine groups is 1. The molecule has 2 aromatic rings. The van der Waals surface area contributed by atoms with Gasteiger partial charge in [0, 0.05) is 13.6 Å². The predicted molar refractivity (Wildman–Crippen MR) is 124 cm³/mol. The molecule has 1 unspecified atom stereocenters. The Kier molecular flexibility index (Phi) is 9.51. The number of benzene rings is 1. The van der Waals surface area contributed by atoms with E-state index in [-0.39, 0.29) is 6.04 Å². The van der Waals surface area contributed by atoms with E-state index in [1.807, 2.05) is 30.3 Å². The standard InChI is InChI=1S/C22H36N6S/c1-16(2)14-19-8-10-20(11-9-19)17(3)25-22(23-12-7-13-29-6)24-15-21-27-26-18(4)28(21)5/h8-11,16-17H,7,12-15H2,1-6H3,(H2,23,24,25). The molecule has 2 rings (SSSR count). The molecule has 1 heterocycles. The van der Waals surface area contributed by atoms with E-state index in [0.29, 0.717) is 12.5 Å². The smallest absolute Gasteiger partial charge is 0.192 e. The van der Waals surface area contributed by atoms with Crippen LogP contribution in [-0.4, -0.2) is 39.3 Å². The van der Waals surface area contributed by atoms with Crippen LogP contribution >= 0.6 is 11.8 Å². The lowest BCUT2D eigenvalue weighted by molar-refractivity contribution is 0.645. The van der Waals surface area contributed by atoms with Crippen molar-refractivity contribution in [3.8, 4) is 0 Å². The Bertz CT molecular complexity index is 766. The third-order valence-electron chi connectivity index (χ3n) is 4.86. The third-order valence-corrected chi connectivity index (χ3v) is 5.55. The predicted octanol–water partition coefficient (Wildman–Crippen LogP) is 3.87. The van der Waals surface area contributed by atoms with Crippen molar-refractivity contribution in [1.82, 2.24) is 25.4 Å². The number of thioether (sulfide) groups is 1. The number of hydrogen-bond donors (Lipinski definition) is 2. The van der Waals surface area contributed by atoms with Gasteiger partial charge in [0.15, 0.2) is 11.8 Å². The molecule has 0 aliphatic carbocycles. The number of nitrogens with zero attached hydrogens (tertiary/aromatic N) is 4. The van der Waals surface area contributed by atoms with E-state index in [2.05, 4.69) is 72.1 Å². The van der Waals surface area contributed by atoms with Crippen molar-refractivity contribution in [1.29, 1.82) is 0 Å². The minimum atomic E-state index is 0.163. The molecule has 0 amide bonds. The summed E-state index contributed by atoms with van der Waals surface area (Å²) in [5.74, 6) is 4.37. The summed E-state index contributed by atoms with van der Waals surface area (Å²) in [6.45, 7) is 10.0. The minimum Gasteiger partial charge on any atom is -0.356 e. The Morgan fingerprint density at radius 3 is 2.48 bits per heavy atom. The largest absolute Gasteiger partial charge is 0.356 e. The number of hydrogen-bond acceptors (Lipinski definition) is 4. The fraction of sp³-hybridized carbons (Fsp3) is 0.591. The molecule has 1 aromatic carbocycles. The van der Waals surface area contributed by atoms with Gasteiger partial charge in [-0.05, 0) is 55.7 Å². The average Bonchev–Trinajstić information content (AvgIpc) is 3.01. The van der Waals surface area contributed by atoms with Gasteiger partial charge in [0.1, 0.15) is 12.4 Å². The number of rotatable bonds is 10. The van der Waals surface area contributed by atoms with E-state index in [9.17, 15) is 0 Å². The van der Waals surface area contributed by atoms with E-state index in [0.717, 1.165) is 42.7 Å². The fourth-order valence-electron chi connectivity index (χ4n) is 3.02. The number of nitrogens with one attached hydrogen (secondary N) is 2. The second kappa shape index (κ2) is 11.9. The Morgan fingerprint density at radius 2 is 1.90 bits per heavy atom. The van der Waals surface area contributed by atoms with Crippen molar-refractivity contribution in [3.63, 3.8) is 0 Å². The van der Waals surface area contributed by atoms with Crippen LogP contribution in [0.4, 0.5) is 0 Å². The van der Waals surface area contributed by atoms with Crippen molar-refractivity contribution in [2.75, 3.05) is 18.6 Å². The van der Waals surface area contributed by atoms with Gasteiger partial charge in [-0.3, -0.25) is 0 Å². The van der Waals surface area contributed by atoms with Crippen molar-refractivity contribution < 1.29 is 0 Å². The highest BCUT2D eigenvalue weighted by Gasteiger charge is 2.10. The van der Waals surface area contributed by atoms with Crippen LogP contribution in [0.25, 0.3) is 0 Å². The summed E-state index contributed by atoms with van der Waals surface area (Å²) >= 11 is 1.86. The average molecular weight is 417 g/mol. The lowest BCUT2D eigenvalue weighted by Crippen LogP contribution is -2.39. The van der Waals surface area contributed by atoms with Crippen LogP contribution < -0.4 is 10.6 Å². The maximum Gasteiger partial charge on any atom is 0.192 e. The van der Waals surface area contributed by atoms with Crippen LogP contribution in [0.3, 0.4) is 0 Å². The van der Waals surface area contributed by atoms with Crippen LogP contribution in [0.15, 0.2) is 29.3 Å². The summed E-state index contributed by atoms with van der Waals surface area (Å²) < 4.78 is 1.98. The zero-order valence-electron chi connectivity index (χ0n) is 18.7. The summed E-state index contributed by atoms with van der Waals surface area (Å²) in [7, 11) is 1.97. The molecule has 0 aliphatic rings. The lowest BCUT2D eigenvalue weighted by atomic mass is 10.00. The van der Waals surface area contributed by atoms with Gasteiger partial charge in [-0.1, -0.05) is 38.1 Å². The van der Waals surface area contributed by atoms with Crippen LogP contribution in [0, 0.1) is 12.8 Å². The molecular weight excluding hydrogens is 380 g/mol. The molecule has 0 saturated carbocycles. The molecule has 6 nitrogen and oxygen atoms in total. The highest BCUT2D eigenvalue weighted by atomic mass is 32.2. The molecule has 160 valence electrons. The maximum atomic E-state index is 4.75. The van der Waals surface area contributed by atoms with Crippen molar-refractivity contribution in [2.45, 2.75) is 53.1 Å². The third kappa shape index (κ3) is 7.72. The molecule has 2 N–H and O–H groups in total. The molecular formula is C22H36N6S. The first-order chi connectivity index (χ1) is 13.9. The summed E-state index contributed by atoms with van der Waals surface area (Å²) in [5.41, 5.74) is 2.64. The van der Waals surface area contributed by atoms with Gasteiger partial charge in [0.2, 0.25) is 0 Å². The van der Waals surface area contributed by atoms with Gasteiger partial charge in [-0.25, -0.2) is 4.99 Å². The van der Waals surface area contributed by atoms with E-state index in [4.69, 9.17) is 4.99 Å². The summed E-state index contributed by atoms with van der Waals surface area (Å²) in [6.07, 6.45) is 4.35. The topological polar surface area (TPSA) is 67.1 Å².